The molecule has 2 N–H and O–H groups in total. The maximum Gasteiger partial charge on any atom is 0.175 e. The largest absolute Gasteiger partial charge is 0.260 e. The summed E-state index contributed by atoms with van der Waals surface area (Å²) in [7, 11) is -0.933. The molecule has 0 aliphatic carbocycles. The zero-order valence-corrected chi connectivity index (χ0v) is 9.14. The lowest BCUT2D eigenvalue weighted by Gasteiger charge is -1.97. The number of nitrogens with zero attached hydrogens (tertiary/aromatic N) is 6. The maximum absolute atomic E-state index is 11.6. The van der Waals surface area contributed by atoms with Gasteiger partial charge in [-0.15, -0.1) is 20.4 Å². The second kappa shape index (κ2) is 5.39. The molecule has 0 atom stereocenters. The Morgan fingerprint density at radius 3 is 1.81 bits per heavy atom. The van der Waals surface area contributed by atoms with Gasteiger partial charge in [0.1, 0.15) is 0 Å². The quantitative estimate of drug-likeness (QED) is 0.614. The number of tetrazole rings is 2. The lowest BCUT2D eigenvalue weighted by molar-refractivity contribution is 0.680. The molecular formula is C6H10N8OS. The van der Waals surface area contributed by atoms with Crippen molar-refractivity contribution in [3.8, 4) is 0 Å². The standard InChI is InChI=1S/C6H10N8OS/c15-16(3-1-5-7-11-12-8-5)4-2-6-9-13-14-10-6/h1-4H2,(H,7,8,11,12)(H,9,10,13,14). The predicted octanol–water partition coefficient (Wildman–Crippen LogP) is -1.75. The highest BCUT2D eigenvalue weighted by Crippen LogP contribution is 1.94. The number of rotatable bonds is 6. The third-order valence-corrected chi connectivity index (χ3v) is 3.20. The van der Waals surface area contributed by atoms with Gasteiger partial charge in [0, 0.05) is 35.1 Å². The van der Waals surface area contributed by atoms with Crippen molar-refractivity contribution in [3.63, 3.8) is 0 Å². The normalized spacial score (nSPS) is 11.1. The third kappa shape index (κ3) is 3.15. The minimum atomic E-state index is -0.933. The molecule has 0 spiro atoms. The van der Waals surface area contributed by atoms with E-state index in [4.69, 9.17) is 0 Å². The molecule has 0 bridgehead atoms. The molecule has 0 amide bonds. The fraction of sp³-hybridized carbons (Fsp3) is 0.667. The first-order chi connectivity index (χ1) is 7.84. The molecule has 2 heterocycles. The van der Waals surface area contributed by atoms with Gasteiger partial charge in [-0.05, 0) is 0 Å². The summed E-state index contributed by atoms with van der Waals surface area (Å²) in [5, 5.41) is 26.6. The average molecular weight is 242 g/mol. The lowest BCUT2D eigenvalue weighted by atomic mass is 10.5. The van der Waals surface area contributed by atoms with Crippen molar-refractivity contribution < 1.29 is 4.21 Å². The van der Waals surface area contributed by atoms with Crippen molar-refractivity contribution in [3.05, 3.63) is 11.6 Å². The van der Waals surface area contributed by atoms with Crippen LogP contribution in [-0.4, -0.2) is 57.0 Å². The van der Waals surface area contributed by atoms with Crippen molar-refractivity contribution in [1.29, 1.82) is 0 Å². The van der Waals surface area contributed by atoms with Crippen LogP contribution in [0.15, 0.2) is 0 Å². The molecule has 16 heavy (non-hydrogen) atoms. The van der Waals surface area contributed by atoms with E-state index < -0.39 is 10.8 Å². The molecule has 10 heteroatoms. The van der Waals surface area contributed by atoms with Gasteiger partial charge in [0.25, 0.3) is 0 Å². The van der Waals surface area contributed by atoms with Gasteiger partial charge in [-0.3, -0.25) is 4.21 Å². The number of aromatic nitrogens is 8. The Kier molecular flexibility index (Phi) is 3.64. The van der Waals surface area contributed by atoms with Crippen LogP contribution in [0.5, 0.6) is 0 Å². The van der Waals surface area contributed by atoms with Crippen LogP contribution < -0.4 is 0 Å². The summed E-state index contributed by atoms with van der Waals surface area (Å²) in [6.07, 6.45) is 1.10. The van der Waals surface area contributed by atoms with Crippen molar-refractivity contribution >= 4 is 10.8 Å². The molecule has 2 aromatic rings. The van der Waals surface area contributed by atoms with E-state index in [0.29, 0.717) is 36.0 Å². The second-order valence-electron chi connectivity index (χ2n) is 3.00. The number of nitrogens with one attached hydrogen (secondary N) is 2. The van der Waals surface area contributed by atoms with Crippen molar-refractivity contribution in [2.24, 2.45) is 0 Å². The first kappa shape index (κ1) is 10.8. The second-order valence-corrected chi connectivity index (χ2v) is 4.70. The van der Waals surface area contributed by atoms with Crippen LogP contribution in [0.2, 0.25) is 0 Å². The molecule has 86 valence electrons. The topological polar surface area (TPSA) is 126 Å². The van der Waals surface area contributed by atoms with E-state index in [2.05, 4.69) is 41.2 Å². The Morgan fingerprint density at radius 1 is 0.938 bits per heavy atom. The molecule has 0 aliphatic rings. The Bertz CT molecular complexity index is 385. The number of aryl methyl sites for hydroxylation is 2. The summed E-state index contributed by atoms with van der Waals surface area (Å²) in [6.45, 7) is 0. The van der Waals surface area contributed by atoms with E-state index in [1.807, 2.05) is 0 Å². The van der Waals surface area contributed by atoms with E-state index in [0.717, 1.165) is 0 Å². The fourth-order valence-corrected chi connectivity index (χ4v) is 2.11. The maximum atomic E-state index is 11.6. The number of H-pyrrole nitrogens is 2. The van der Waals surface area contributed by atoms with E-state index in [1.165, 1.54) is 0 Å². The molecule has 0 unspecified atom stereocenters. The van der Waals surface area contributed by atoms with Gasteiger partial charge >= 0.3 is 0 Å². The Morgan fingerprint density at radius 2 is 1.44 bits per heavy atom. The Balaban J connectivity index is 1.69. The number of aromatic amines is 2. The van der Waals surface area contributed by atoms with Crippen LogP contribution in [0.3, 0.4) is 0 Å². The predicted molar refractivity (Wildman–Crippen MR) is 53.6 cm³/mol. The van der Waals surface area contributed by atoms with Crippen LogP contribution in [0.1, 0.15) is 11.6 Å². The van der Waals surface area contributed by atoms with Crippen molar-refractivity contribution in [2.45, 2.75) is 12.8 Å². The molecule has 0 radical (unpaired) electrons. The zero-order chi connectivity index (χ0) is 11.2. The summed E-state index contributed by atoms with van der Waals surface area (Å²) in [4.78, 5) is 0. The zero-order valence-electron chi connectivity index (χ0n) is 8.33. The summed E-state index contributed by atoms with van der Waals surface area (Å²) in [6, 6.07) is 0. The fourth-order valence-electron chi connectivity index (χ4n) is 1.09. The van der Waals surface area contributed by atoms with Gasteiger partial charge in [0.15, 0.2) is 11.6 Å². The van der Waals surface area contributed by atoms with Crippen molar-refractivity contribution in [1.82, 2.24) is 41.2 Å². The summed E-state index contributed by atoms with van der Waals surface area (Å²) >= 11 is 0. The number of hydrogen-bond donors (Lipinski definition) is 2. The number of hydrogen-bond acceptors (Lipinski definition) is 7. The highest BCUT2D eigenvalue weighted by molar-refractivity contribution is 7.84. The first-order valence-electron chi connectivity index (χ1n) is 4.64. The minimum absolute atomic E-state index is 0.511. The van der Waals surface area contributed by atoms with Crippen LogP contribution in [-0.2, 0) is 23.6 Å². The summed E-state index contributed by atoms with van der Waals surface area (Å²) in [5.41, 5.74) is 0. The smallest absolute Gasteiger partial charge is 0.175 e. The van der Waals surface area contributed by atoms with Gasteiger partial charge in [0.2, 0.25) is 0 Å². The highest BCUT2D eigenvalue weighted by atomic mass is 32.2. The SMILES string of the molecule is O=S(CCc1nn[nH]n1)CCc1nn[nH]n1. The molecule has 0 aromatic carbocycles. The molecule has 0 saturated heterocycles. The van der Waals surface area contributed by atoms with Crippen LogP contribution in [0.25, 0.3) is 0 Å². The molecule has 0 aliphatic heterocycles. The van der Waals surface area contributed by atoms with E-state index in [-0.39, 0.29) is 0 Å². The molecule has 2 aromatic heterocycles. The molecule has 0 fully saturated rings. The van der Waals surface area contributed by atoms with Gasteiger partial charge in [-0.25, -0.2) is 0 Å². The Labute approximate surface area is 92.9 Å². The highest BCUT2D eigenvalue weighted by Gasteiger charge is 2.06. The van der Waals surface area contributed by atoms with E-state index in [1.54, 1.807) is 0 Å². The van der Waals surface area contributed by atoms with Crippen LogP contribution >= 0.6 is 0 Å². The van der Waals surface area contributed by atoms with Gasteiger partial charge in [-0.1, -0.05) is 10.4 Å². The van der Waals surface area contributed by atoms with E-state index >= 15 is 0 Å². The molecule has 0 saturated carbocycles. The average Bonchev–Trinajstić information content (AvgIpc) is 2.96. The minimum Gasteiger partial charge on any atom is -0.260 e. The van der Waals surface area contributed by atoms with Crippen LogP contribution in [0.4, 0.5) is 0 Å². The van der Waals surface area contributed by atoms with Gasteiger partial charge in [0.05, 0.1) is 0 Å². The summed E-state index contributed by atoms with van der Waals surface area (Å²) < 4.78 is 11.6. The monoisotopic (exact) mass is 242 g/mol. The lowest BCUT2D eigenvalue weighted by Crippen LogP contribution is -2.09. The first-order valence-corrected chi connectivity index (χ1v) is 6.13. The van der Waals surface area contributed by atoms with Crippen LogP contribution in [0, 0.1) is 0 Å². The molecule has 9 nitrogen and oxygen atoms in total. The summed E-state index contributed by atoms with van der Waals surface area (Å²) in [5.74, 6) is 2.18. The van der Waals surface area contributed by atoms with Gasteiger partial charge in [-0.2, -0.15) is 10.4 Å². The van der Waals surface area contributed by atoms with Gasteiger partial charge < -0.3 is 0 Å². The third-order valence-electron chi connectivity index (χ3n) is 1.89. The molecule has 2 rings (SSSR count). The van der Waals surface area contributed by atoms with Crippen molar-refractivity contribution in [2.75, 3.05) is 11.5 Å². The molecular weight excluding hydrogens is 232 g/mol. The van der Waals surface area contributed by atoms with E-state index in [9.17, 15) is 4.21 Å². The Hall–Kier alpha value is -1.71.